The lowest BCUT2D eigenvalue weighted by Gasteiger charge is -2.17. The van der Waals surface area contributed by atoms with Crippen LogP contribution in [0.1, 0.15) is 41.3 Å². The van der Waals surface area contributed by atoms with Gasteiger partial charge in [-0.3, -0.25) is 4.79 Å². The molecule has 0 aliphatic heterocycles. The molecule has 25 heavy (non-hydrogen) atoms. The highest BCUT2D eigenvalue weighted by Gasteiger charge is 2.24. The minimum absolute atomic E-state index is 0.265. The molecule has 0 spiro atoms. The van der Waals surface area contributed by atoms with Gasteiger partial charge in [-0.1, -0.05) is 44.2 Å². The first-order valence-corrected chi connectivity index (χ1v) is 9.24. The molecular formula is C19H24N2O3S. The van der Waals surface area contributed by atoms with Gasteiger partial charge in [0.2, 0.25) is 0 Å². The van der Waals surface area contributed by atoms with Crippen LogP contribution >= 0.6 is 11.3 Å². The third kappa shape index (κ3) is 5.98. The van der Waals surface area contributed by atoms with Crippen LogP contribution in [0, 0.1) is 5.92 Å². The number of rotatable bonds is 8. The van der Waals surface area contributed by atoms with Crippen molar-refractivity contribution in [2.45, 2.75) is 39.2 Å². The van der Waals surface area contributed by atoms with Gasteiger partial charge in [-0.25, -0.2) is 9.78 Å². The summed E-state index contributed by atoms with van der Waals surface area (Å²) in [7, 11) is 1.33. The lowest BCUT2D eigenvalue weighted by molar-refractivity contribution is -0.143. The zero-order valence-electron chi connectivity index (χ0n) is 14.8. The molecule has 0 aliphatic rings. The van der Waals surface area contributed by atoms with Crippen LogP contribution in [0.25, 0.3) is 0 Å². The Morgan fingerprint density at radius 3 is 2.56 bits per heavy atom. The van der Waals surface area contributed by atoms with E-state index in [1.165, 1.54) is 24.0 Å². The van der Waals surface area contributed by atoms with Gasteiger partial charge >= 0.3 is 5.97 Å². The van der Waals surface area contributed by atoms with Crippen LogP contribution in [0.2, 0.25) is 0 Å². The van der Waals surface area contributed by atoms with E-state index in [9.17, 15) is 9.59 Å². The van der Waals surface area contributed by atoms with Crippen LogP contribution in [0.5, 0.6) is 0 Å². The molecule has 1 heterocycles. The number of thiazole rings is 1. The number of hydrogen-bond donors (Lipinski definition) is 1. The standard InChI is InChI=1S/C19H24N2O3S/c1-13(2)11-15(19(23)24-3)21-18(22)16-12-25-17(20-16)10-9-14-7-5-4-6-8-14/h4-8,12-13,15H,9-11H2,1-3H3,(H,21,22). The fourth-order valence-electron chi connectivity index (χ4n) is 2.49. The van der Waals surface area contributed by atoms with Gasteiger partial charge in [0.05, 0.1) is 12.1 Å². The van der Waals surface area contributed by atoms with Gasteiger partial charge in [-0.05, 0) is 24.3 Å². The highest BCUT2D eigenvalue weighted by molar-refractivity contribution is 7.09. The lowest BCUT2D eigenvalue weighted by Crippen LogP contribution is -2.42. The fraction of sp³-hybridized carbons (Fsp3) is 0.421. The van der Waals surface area contributed by atoms with E-state index in [4.69, 9.17) is 4.74 Å². The third-order valence-corrected chi connectivity index (χ3v) is 4.66. The van der Waals surface area contributed by atoms with Crippen LogP contribution < -0.4 is 5.32 Å². The number of ether oxygens (including phenoxy) is 1. The Labute approximate surface area is 152 Å². The first-order chi connectivity index (χ1) is 12.0. The monoisotopic (exact) mass is 360 g/mol. The van der Waals surface area contributed by atoms with Crippen molar-refractivity contribution in [3.05, 3.63) is 52.0 Å². The molecule has 0 radical (unpaired) electrons. The Kier molecular flexibility index (Phi) is 7.13. The van der Waals surface area contributed by atoms with Gasteiger partial charge in [0.25, 0.3) is 5.91 Å². The second-order valence-electron chi connectivity index (χ2n) is 6.29. The molecule has 1 amide bonds. The van der Waals surface area contributed by atoms with Crippen molar-refractivity contribution in [1.29, 1.82) is 0 Å². The maximum absolute atomic E-state index is 12.4. The quantitative estimate of drug-likeness (QED) is 0.734. The Morgan fingerprint density at radius 2 is 1.92 bits per heavy atom. The van der Waals surface area contributed by atoms with Gasteiger partial charge in [0.15, 0.2) is 0 Å². The van der Waals surface area contributed by atoms with Crippen molar-refractivity contribution in [2.24, 2.45) is 5.92 Å². The number of methoxy groups -OCH3 is 1. The Morgan fingerprint density at radius 1 is 1.20 bits per heavy atom. The zero-order chi connectivity index (χ0) is 18.2. The summed E-state index contributed by atoms with van der Waals surface area (Å²) in [6.07, 6.45) is 2.20. The second-order valence-corrected chi connectivity index (χ2v) is 7.23. The summed E-state index contributed by atoms with van der Waals surface area (Å²) in [6.45, 7) is 3.99. The van der Waals surface area contributed by atoms with Crippen LogP contribution in [0.4, 0.5) is 0 Å². The minimum atomic E-state index is -0.646. The maximum Gasteiger partial charge on any atom is 0.328 e. The predicted octanol–water partition coefficient (Wildman–Crippen LogP) is 3.25. The van der Waals surface area contributed by atoms with Crippen LogP contribution in [-0.4, -0.2) is 30.0 Å². The van der Waals surface area contributed by atoms with Crippen molar-refractivity contribution < 1.29 is 14.3 Å². The summed E-state index contributed by atoms with van der Waals surface area (Å²) < 4.78 is 4.77. The van der Waals surface area contributed by atoms with E-state index in [0.717, 1.165) is 17.8 Å². The number of carbonyl (C=O) groups is 2. The molecule has 134 valence electrons. The number of esters is 1. The smallest absolute Gasteiger partial charge is 0.328 e. The van der Waals surface area contributed by atoms with Crippen molar-refractivity contribution in [1.82, 2.24) is 10.3 Å². The molecule has 0 saturated heterocycles. The summed E-state index contributed by atoms with van der Waals surface area (Å²) in [5.41, 5.74) is 1.59. The molecule has 1 N–H and O–H groups in total. The van der Waals surface area contributed by atoms with Crippen molar-refractivity contribution in [3.8, 4) is 0 Å². The molecule has 0 saturated carbocycles. The van der Waals surface area contributed by atoms with Crippen LogP contribution in [0.15, 0.2) is 35.7 Å². The molecule has 1 aromatic heterocycles. The highest BCUT2D eigenvalue weighted by Crippen LogP contribution is 2.14. The molecule has 1 unspecified atom stereocenters. The SMILES string of the molecule is COC(=O)C(CC(C)C)NC(=O)c1csc(CCc2ccccc2)n1. The summed E-state index contributed by atoms with van der Waals surface area (Å²) >= 11 is 1.46. The van der Waals surface area contributed by atoms with Crippen molar-refractivity contribution in [3.63, 3.8) is 0 Å². The third-order valence-electron chi connectivity index (χ3n) is 3.75. The minimum Gasteiger partial charge on any atom is -0.467 e. The van der Waals surface area contributed by atoms with E-state index in [1.807, 2.05) is 32.0 Å². The van der Waals surface area contributed by atoms with Crippen molar-refractivity contribution in [2.75, 3.05) is 7.11 Å². The summed E-state index contributed by atoms with van der Waals surface area (Å²) in [4.78, 5) is 28.6. The largest absolute Gasteiger partial charge is 0.467 e. The maximum atomic E-state index is 12.4. The first-order valence-electron chi connectivity index (χ1n) is 8.36. The number of carbonyl (C=O) groups excluding carboxylic acids is 2. The number of hydrogen-bond acceptors (Lipinski definition) is 5. The molecular weight excluding hydrogens is 336 g/mol. The van der Waals surface area contributed by atoms with Gasteiger partial charge in [-0.2, -0.15) is 0 Å². The molecule has 5 nitrogen and oxygen atoms in total. The average molecular weight is 360 g/mol. The van der Waals surface area contributed by atoms with Gasteiger partial charge in [0.1, 0.15) is 11.7 Å². The molecule has 2 aromatic rings. The Bertz CT molecular complexity index is 698. The topological polar surface area (TPSA) is 68.3 Å². The molecule has 0 aliphatic carbocycles. The van der Waals surface area contributed by atoms with E-state index in [1.54, 1.807) is 5.38 Å². The van der Waals surface area contributed by atoms with E-state index >= 15 is 0 Å². The normalized spacial score (nSPS) is 12.0. The van der Waals surface area contributed by atoms with E-state index in [0.29, 0.717) is 12.1 Å². The van der Waals surface area contributed by atoms with Crippen LogP contribution in [0.3, 0.4) is 0 Å². The second kappa shape index (κ2) is 9.32. The number of amides is 1. The molecule has 2 rings (SSSR count). The van der Waals surface area contributed by atoms with Crippen molar-refractivity contribution >= 4 is 23.2 Å². The van der Waals surface area contributed by atoms with Gasteiger partial charge in [0, 0.05) is 11.8 Å². The van der Waals surface area contributed by atoms with Gasteiger partial charge < -0.3 is 10.1 Å². The summed E-state index contributed by atoms with van der Waals surface area (Å²) in [6, 6.07) is 9.52. The summed E-state index contributed by atoms with van der Waals surface area (Å²) in [5, 5.41) is 5.38. The number of aryl methyl sites for hydroxylation is 2. The number of nitrogens with zero attached hydrogens (tertiary/aromatic N) is 1. The lowest BCUT2D eigenvalue weighted by atomic mass is 10.0. The number of benzene rings is 1. The molecule has 0 bridgehead atoms. The summed E-state index contributed by atoms with van der Waals surface area (Å²) in [5.74, 6) is -0.499. The average Bonchev–Trinajstić information content (AvgIpc) is 3.08. The zero-order valence-corrected chi connectivity index (χ0v) is 15.6. The molecule has 1 atom stereocenters. The Balaban J connectivity index is 1.95. The van der Waals surface area contributed by atoms with E-state index in [2.05, 4.69) is 22.4 Å². The molecule has 1 aromatic carbocycles. The first kappa shape index (κ1) is 19.1. The number of nitrogens with one attached hydrogen (secondary N) is 1. The number of aromatic nitrogens is 1. The Hall–Kier alpha value is -2.21. The predicted molar refractivity (Wildman–Crippen MR) is 98.7 cm³/mol. The van der Waals surface area contributed by atoms with Crippen LogP contribution in [-0.2, 0) is 22.4 Å². The molecule has 0 fully saturated rings. The highest BCUT2D eigenvalue weighted by atomic mass is 32.1. The van der Waals surface area contributed by atoms with E-state index < -0.39 is 12.0 Å². The molecule has 6 heteroatoms. The fourth-order valence-corrected chi connectivity index (χ4v) is 3.26. The van der Waals surface area contributed by atoms with E-state index in [-0.39, 0.29) is 11.8 Å². The van der Waals surface area contributed by atoms with Gasteiger partial charge in [-0.15, -0.1) is 11.3 Å².